The first-order valence-electron chi connectivity index (χ1n) is 7.41. The smallest absolute Gasteiger partial charge is 0.220 e. The number of rotatable bonds is 8. The van der Waals surface area contributed by atoms with Crippen molar-refractivity contribution in [2.24, 2.45) is 11.7 Å². The first kappa shape index (κ1) is 16.4. The molecule has 0 aromatic heterocycles. The Kier molecular flexibility index (Phi) is 8.02. The normalized spacial score (nSPS) is 19.9. The Morgan fingerprint density at radius 3 is 2.63 bits per heavy atom. The fraction of sp³-hybridized carbons (Fsp3) is 0.929. The average molecular weight is 271 g/mol. The van der Waals surface area contributed by atoms with E-state index in [1.165, 1.54) is 0 Å². The zero-order valence-corrected chi connectivity index (χ0v) is 12.4. The molecule has 0 aromatic carbocycles. The molecule has 19 heavy (non-hydrogen) atoms. The van der Waals surface area contributed by atoms with Crippen LogP contribution in [0.25, 0.3) is 0 Å². The van der Waals surface area contributed by atoms with Crippen LogP contribution in [-0.2, 0) is 9.53 Å². The summed E-state index contributed by atoms with van der Waals surface area (Å²) in [6.07, 6.45) is 2.53. The van der Waals surface area contributed by atoms with Crippen LogP contribution in [0.5, 0.6) is 0 Å². The fourth-order valence-electron chi connectivity index (χ4n) is 2.37. The van der Waals surface area contributed by atoms with E-state index in [4.69, 9.17) is 10.5 Å². The molecule has 0 aliphatic carbocycles. The van der Waals surface area contributed by atoms with E-state index in [2.05, 4.69) is 24.1 Å². The van der Waals surface area contributed by atoms with Crippen molar-refractivity contribution in [3.05, 3.63) is 0 Å². The van der Waals surface area contributed by atoms with Crippen LogP contribution >= 0.6 is 0 Å². The molecule has 1 saturated heterocycles. The molecule has 5 nitrogen and oxygen atoms in total. The number of carbonyl (C=O) groups excluding carboxylic acids is 1. The van der Waals surface area contributed by atoms with Gasteiger partial charge in [-0.25, -0.2) is 0 Å². The summed E-state index contributed by atoms with van der Waals surface area (Å²) in [5, 5.41) is 3.07. The topological polar surface area (TPSA) is 67.6 Å². The maximum absolute atomic E-state index is 11.8. The van der Waals surface area contributed by atoms with E-state index in [9.17, 15) is 4.79 Å². The Morgan fingerprint density at radius 1 is 1.32 bits per heavy atom. The highest BCUT2D eigenvalue weighted by Gasteiger charge is 2.15. The number of nitrogens with one attached hydrogen (secondary N) is 1. The van der Waals surface area contributed by atoms with Crippen molar-refractivity contribution in [3.8, 4) is 0 Å². The largest absolute Gasteiger partial charge is 0.379 e. The van der Waals surface area contributed by atoms with Crippen molar-refractivity contribution >= 4 is 5.91 Å². The van der Waals surface area contributed by atoms with Gasteiger partial charge in [-0.1, -0.05) is 6.92 Å². The average Bonchev–Trinajstić information content (AvgIpc) is 2.38. The number of nitrogens with zero attached hydrogens (tertiary/aromatic N) is 1. The van der Waals surface area contributed by atoms with Gasteiger partial charge < -0.3 is 15.8 Å². The van der Waals surface area contributed by atoms with E-state index in [-0.39, 0.29) is 11.9 Å². The second-order valence-electron chi connectivity index (χ2n) is 5.60. The minimum absolute atomic E-state index is 0.157. The number of hydrogen-bond donors (Lipinski definition) is 2. The Hall–Kier alpha value is -0.650. The van der Waals surface area contributed by atoms with Crippen LogP contribution in [0.4, 0.5) is 0 Å². The van der Waals surface area contributed by atoms with Gasteiger partial charge in [-0.2, -0.15) is 0 Å². The summed E-state index contributed by atoms with van der Waals surface area (Å²) in [4.78, 5) is 14.2. The molecule has 1 fully saturated rings. The van der Waals surface area contributed by atoms with Crippen LogP contribution in [-0.4, -0.2) is 56.2 Å². The molecule has 1 rings (SSSR count). The summed E-state index contributed by atoms with van der Waals surface area (Å²) >= 11 is 0. The molecule has 1 aliphatic rings. The van der Waals surface area contributed by atoms with Crippen LogP contribution in [0.3, 0.4) is 0 Å². The SMILES string of the molecule is CC(CCN)CCC(=O)NC(C)CN1CCOCC1. The summed E-state index contributed by atoms with van der Waals surface area (Å²) < 4.78 is 5.31. The molecule has 0 saturated carbocycles. The van der Waals surface area contributed by atoms with Gasteiger partial charge in [0.15, 0.2) is 0 Å². The van der Waals surface area contributed by atoms with Crippen molar-refractivity contribution in [3.63, 3.8) is 0 Å². The van der Waals surface area contributed by atoms with Crippen molar-refractivity contribution in [1.29, 1.82) is 0 Å². The van der Waals surface area contributed by atoms with Crippen molar-refractivity contribution in [1.82, 2.24) is 10.2 Å². The third-order valence-electron chi connectivity index (χ3n) is 3.57. The maximum atomic E-state index is 11.8. The minimum Gasteiger partial charge on any atom is -0.379 e. The molecule has 5 heteroatoms. The van der Waals surface area contributed by atoms with E-state index in [0.29, 0.717) is 18.9 Å². The third-order valence-corrected chi connectivity index (χ3v) is 3.57. The van der Waals surface area contributed by atoms with E-state index in [1.807, 2.05) is 0 Å². The molecule has 0 bridgehead atoms. The Labute approximate surface area is 116 Å². The predicted octanol–water partition coefficient (Wildman–Crippen LogP) is 0.588. The molecule has 1 heterocycles. The van der Waals surface area contributed by atoms with Crippen LogP contribution in [0.1, 0.15) is 33.1 Å². The monoisotopic (exact) mass is 271 g/mol. The van der Waals surface area contributed by atoms with Gasteiger partial charge in [0.25, 0.3) is 0 Å². The second kappa shape index (κ2) is 9.28. The fourth-order valence-corrected chi connectivity index (χ4v) is 2.37. The summed E-state index contributed by atoms with van der Waals surface area (Å²) in [5.74, 6) is 0.690. The zero-order valence-electron chi connectivity index (χ0n) is 12.4. The molecule has 2 atom stereocenters. The Morgan fingerprint density at radius 2 is 2.00 bits per heavy atom. The molecular formula is C14H29N3O2. The molecular weight excluding hydrogens is 242 g/mol. The zero-order chi connectivity index (χ0) is 14.1. The lowest BCUT2D eigenvalue weighted by atomic mass is 10.0. The molecule has 1 aliphatic heterocycles. The highest BCUT2D eigenvalue weighted by molar-refractivity contribution is 5.76. The van der Waals surface area contributed by atoms with E-state index >= 15 is 0 Å². The number of morpholine rings is 1. The van der Waals surface area contributed by atoms with Gasteiger partial charge in [0.1, 0.15) is 0 Å². The summed E-state index contributed by atoms with van der Waals surface area (Å²) in [6.45, 7) is 9.37. The number of nitrogens with two attached hydrogens (primary N) is 1. The predicted molar refractivity (Wildman–Crippen MR) is 76.9 cm³/mol. The minimum atomic E-state index is 0.157. The van der Waals surface area contributed by atoms with Crippen molar-refractivity contribution < 1.29 is 9.53 Å². The lowest BCUT2D eigenvalue weighted by Gasteiger charge is -2.29. The quantitative estimate of drug-likeness (QED) is 0.678. The highest BCUT2D eigenvalue weighted by atomic mass is 16.5. The Balaban J connectivity index is 2.12. The number of ether oxygens (including phenoxy) is 1. The van der Waals surface area contributed by atoms with Crippen LogP contribution < -0.4 is 11.1 Å². The first-order valence-corrected chi connectivity index (χ1v) is 7.41. The molecule has 0 aromatic rings. The number of hydrogen-bond acceptors (Lipinski definition) is 4. The molecule has 112 valence electrons. The lowest BCUT2D eigenvalue weighted by molar-refractivity contribution is -0.122. The summed E-state index contributed by atoms with van der Waals surface area (Å²) in [7, 11) is 0. The molecule has 0 spiro atoms. The van der Waals surface area contributed by atoms with E-state index < -0.39 is 0 Å². The summed E-state index contributed by atoms with van der Waals surface area (Å²) in [5.41, 5.74) is 5.50. The van der Waals surface area contributed by atoms with Gasteiger partial charge in [-0.3, -0.25) is 9.69 Å². The molecule has 2 unspecified atom stereocenters. The highest BCUT2D eigenvalue weighted by Crippen LogP contribution is 2.09. The maximum Gasteiger partial charge on any atom is 0.220 e. The van der Waals surface area contributed by atoms with Crippen molar-refractivity contribution in [2.75, 3.05) is 39.4 Å². The van der Waals surface area contributed by atoms with E-state index in [1.54, 1.807) is 0 Å². The lowest BCUT2D eigenvalue weighted by Crippen LogP contribution is -2.46. The number of amides is 1. The van der Waals surface area contributed by atoms with Gasteiger partial charge >= 0.3 is 0 Å². The summed E-state index contributed by atoms with van der Waals surface area (Å²) in [6, 6.07) is 0.204. The molecule has 3 N–H and O–H groups in total. The third kappa shape index (κ3) is 7.50. The van der Waals surface area contributed by atoms with Gasteiger partial charge in [0.2, 0.25) is 5.91 Å². The van der Waals surface area contributed by atoms with Crippen molar-refractivity contribution in [2.45, 2.75) is 39.2 Å². The standard InChI is InChI=1S/C14H29N3O2/c1-12(5-6-15)3-4-14(18)16-13(2)11-17-7-9-19-10-8-17/h12-13H,3-11,15H2,1-2H3,(H,16,18). The molecule has 1 amide bonds. The Bertz CT molecular complexity index is 255. The van der Waals surface area contributed by atoms with Gasteiger partial charge in [0.05, 0.1) is 13.2 Å². The molecule has 0 radical (unpaired) electrons. The van der Waals surface area contributed by atoms with Gasteiger partial charge in [-0.15, -0.1) is 0 Å². The van der Waals surface area contributed by atoms with Crippen LogP contribution in [0.15, 0.2) is 0 Å². The van der Waals surface area contributed by atoms with Crippen LogP contribution in [0.2, 0.25) is 0 Å². The van der Waals surface area contributed by atoms with Gasteiger partial charge in [-0.05, 0) is 32.2 Å². The van der Waals surface area contributed by atoms with Gasteiger partial charge in [0, 0.05) is 32.1 Å². The number of carbonyl (C=O) groups is 1. The van der Waals surface area contributed by atoms with Crippen LogP contribution in [0, 0.1) is 5.92 Å². The second-order valence-corrected chi connectivity index (χ2v) is 5.60. The van der Waals surface area contributed by atoms with E-state index in [0.717, 1.165) is 45.7 Å². The first-order chi connectivity index (χ1) is 9.11.